The van der Waals surface area contributed by atoms with Crippen molar-refractivity contribution in [3.8, 4) is 0 Å². The van der Waals surface area contributed by atoms with Gasteiger partial charge in [-0.3, -0.25) is 0 Å². The fourth-order valence-corrected chi connectivity index (χ4v) is 3.72. The van der Waals surface area contributed by atoms with Gasteiger partial charge in [0.25, 0.3) is 0 Å². The van der Waals surface area contributed by atoms with Gasteiger partial charge in [-0.05, 0) is 36.5 Å². The van der Waals surface area contributed by atoms with E-state index < -0.39 is 26.6 Å². The second-order valence-electron chi connectivity index (χ2n) is 5.36. The molecule has 2 N–H and O–H groups in total. The summed E-state index contributed by atoms with van der Waals surface area (Å²) in [4.78, 5) is -0.969. The van der Waals surface area contributed by atoms with Crippen molar-refractivity contribution < 1.29 is 22.3 Å². The van der Waals surface area contributed by atoms with Gasteiger partial charge in [-0.1, -0.05) is 36.4 Å². The van der Waals surface area contributed by atoms with E-state index in [0.717, 1.165) is 23.8 Å². The summed E-state index contributed by atoms with van der Waals surface area (Å²) in [6.45, 7) is -0.0239. The topological polar surface area (TPSA) is 66.4 Å². The average Bonchev–Trinajstić information content (AvgIpc) is 2.54. The summed E-state index contributed by atoms with van der Waals surface area (Å²) in [5.74, 6) is -2.31. The number of hydrogen-bond acceptors (Lipinski definition) is 3. The number of nitrogens with one attached hydrogen (secondary N) is 1. The van der Waals surface area contributed by atoms with Crippen LogP contribution in [0.3, 0.4) is 0 Å². The Morgan fingerprint density at radius 2 is 1.58 bits per heavy atom. The lowest BCUT2D eigenvalue weighted by atomic mass is 9.93. The SMILES string of the molecule is O=S(=O)(NCCC(CCO)c1ccccc1)c1c(F)cccc1F. The minimum atomic E-state index is -4.28. The number of halogens is 2. The van der Waals surface area contributed by atoms with Gasteiger partial charge in [-0.25, -0.2) is 21.9 Å². The van der Waals surface area contributed by atoms with E-state index in [4.69, 9.17) is 0 Å². The molecule has 4 nitrogen and oxygen atoms in total. The molecule has 0 radical (unpaired) electrons. The first kappa shape index (κ1) is 18.5. The number of hydrogen-bond donors (Lipinski definition) is 2. The number of sulfonamides is 1. The van der Waals surface area contributed by atoms with Crippen molar-refractivity contribution in [2.45, 2.75) is 23.7 Å². The van der Waals surface area contributed by atoms with Crippen LogP contribution >= 0.6 is 0 Å². The number of benzene rings is 2. The maximum atomic E-state index is 13.6. The van der Waals surface area contributed by atoms with E-state index in [1.54, 1.807) is 0 Å². The van der Waals surface area contributed by atoms with Gasteiger partial charge in [-0.15, -0.1) is 0 Å². The quantitative estimate of drug-likeness (QED) is 0.765. The number of aliphatic hydroxyl groups is 1. The first-order valence-corrected chi connectivity index (χ1v) is 9.03. The zero-order chi connectivity index (χ0) is 17.6. The Bertz CT molecular complexity index is 746. The minimum Gasteiger partial charge on any atom is -0.396 e. The highest BCUT2D eigenvalue weighted by atomic mass is 32.2. The summed E-state index contributed by atoms with van der Waals surface area (Å²) in [6.07, 6.45) is 0.875. The molecule has 0 aliphatic heterocycles. The molecular weight excluding hydrogens is 336 g/mol. The third kappa shape index (κ3) is 4.59. The fourth-order valence-electron chi connectivity index (χ4n) is 2.54. The largest absolute Gasteiger partial charge is 0.396 e. The normalized spacial score (nSPS) is 13.0. The number of rotatable bonds is 8. The molecule has 1 unspecified atom stereocenters. The summed E-state index contributed by atoms with van der Waals surface area (Å²) < 4.78 is 53.7. The molecule has 2 aromatic carbocycles. The van der Waals surface area contributed by atoms with Crippen LogP contribution in [-0.4, -0.2) is 26.7 Å². The van der Waals surface area contributed by atoms with E-state index in [9.17, 15) is 22.3 Å². The molecule has 0 aliphatic carbocycles. The van der Waals surface area contributed by atoms with Crippen LogP contribution in [0.2, 0.25) is 0 Å². The summed E-state index contributed by atoms with van der Waals surface area (Å²) in [5.41, 5.74) is 0.975. The molecule has 0 amide bonds. The van der Waals surface area contributed by atoms with Crippen LogP contribution < -0.4 is 4.72 Å². The lowest BCUT2D eigenvalue weighted by Gasteiger charge is -2.17. The van der Waals surface area contributed by atoms with Crippen LogP contribution in [0.5, 0.6) is 0 Å². The average molecular weight is 355 g/mol. The fraction of sp³-hybridized carbons (Fsp3) is 0.294. The molecule has 0 fully saturated rings. The van der Waals surface area contributed by atoms with Crippen molar-refractivity contribution in [2.75, 3.05) is 13.2 Å². The molecule has 1 atom stereocenters. The Labute approximate surface area is 140 Å². The standard InChI is InChI=1S/C17H19F2NO3S/c18-15-7-4-8-16(19)17(15)24(22,23)20-11-9-14(10-12-21)13-5-2-1-3-6-13/h1-8,14,20-21H,9-12H2. The van der Waals surface area contributed by atoms with Crippen LogP contribution in [0.25, 0.3) is 0 Å². The lowest BCUT2D eigenvalue weighted by Crippen LogP contribution is -2.27. The predicted molar refractivity (Wildman–Crippen MR) is 87.0 cm³/mol. The Kier molecular flexibility index (Phi) is 6.42. The van der Waals surface area contributed by atoms with Crippen molar-refractivity contribution in [2.24, 2.45) is 0 Å². The van der Waals surface area contributed by atoms with Crippen LogP contribution in [0.15, 0.2) is 53.4 Å². The zero-order valence-corrected chi connectivity index (χ0v) is 13.8. The lowest BCUT2D eigenvalue weighted by molar-refractivity contribution is 0.273. The van der Waals surface area contributed by atoms with Crippen LogP contribution in [0, 0.1) is 11.6 Å². The van der Waals surface area contributed by atoms with Crippen molar-refractivity contribution in [1.29, 1.82) is 0 Å². The molecular formula is C17H19F2NO3S. The molecule has 0 aromatic heterocycles. The van der Waals surface area contributed by atoms with Crippen molar-refractivity contribution in [3.63, 3.8) is 0 Å². The Balaban J connectivity index is 2.06. The molecule has 0 heterocycles. The second kappa shape index (κ2) is 8.32. The van der Waals surface area contributed by atoms with E-state index in [1.807, 2.05) is 30.3 Å². The molecule has 2 aromatic rings. The first-order valence-electron chi connectivity index (χ1n) is 7.55. The van der Waals surface area contributed by atoms with E-state index in [-0.39, 0.29) is 19.1 Å². The van der Waals surface area contributed by atoms with Gasteiger partial charge in [0.15, 0.2) is 4.90 Å². The monoisotopic (exact) mass is 355 g/mol. The van der Waals surface area contributed by atoms with Gasteiger partial charge in [0.2, 0.25) is 10.0 Å². The van der Waals surface area contributed by atoms with Gasteiger partial charge < -0.3 is 5.11 Å². The summed E-state index contributed by atoms with van der Waals surface area (Å²) in [5, 5.41) is 9.17. The van der Waals surface area contributed by atoms with Crippen molar-refractivity contribution >= 4 is 10.0 Å². The van der Waals surface area contributed by atoms with Crippen LogP contribution in [-0.2, 0) is 10.0 Å². The molecule has 0 bridgehead atoms. The summed E-state index contributed by atoms with van der Waals surface area (Å²) in [6, 6.07) is 12.3. The smallest absolute Gasteiger partial charge is 0.246 e. The van der Waals surface area contributed by atoms with E-state index >= 15 is 0 Å². The molecule has 24 heavy (non-hydrogen) atoms. The minimum absolute atomic E-state index is 0.00959. The van der Waals surface area contributed by atoms with Crippen LogP contribution in [0.4, 0.5) is 8.78 Å². The van der Waals surface area contributed by atoms with Crippen molar-refractivity contribution in [3.05, 3.63) is 65.7 Å². The highest BCUT2D eigenvalue weighted by Gasteiger charge is 2.23. The molecule has 0 saturated carbocycles. The molecule has 0 saturated heterocycles. The summed E-state index contributed by atoms with van der Waals surface area (Å²) in [7, 11) is -4.28. The van der Waals surface area contributed by atoms with Crippen molar-refractivity contribution in [1.82, 2.24) is 4.72 Å². The van der Waals surface area contributed by atoms with E-state index in [0.29, 0.717) is 12.8 Å². The third-order valence-electron chi connectivity index (χ3n) is 3.72. The second-order valence-corrected chi connectivity index (χ2v) is 7.06. The highest BCUT2D eigenvalue weighted by molar-refractivity contribution is 7.89. The molecule has 130 valence electrons. The molecule has 0 spiro atoms. The third-order valence-corrected chi connectivity index (χ3v) is 5.23. The Hall–Kier alpha value is -1.83. The maximum absolute atomic E-state index is 13.6. The molecule has 7 heteroatoms. The van der Waals surface area contributed by atoms with Gasteiger partial charge in [-0.2, -0.15) is 0 Å². The van der Waals surface area contributed by atoms with Gasteiger partial charge in [0.1, 0.15) is 11.6 Å². The molecule has 0 aliphatic rings. The van der Waals surface area contributed by atoms with Gasteiger partial charge >= 0.3 is 0 Å². The van der Waals surface area contributed by atoms with E-state index in [1.165, 1.54) is 0 Å². The van der Waals surface area contributed by atoms with Crippen LogP contribution in [0.1, 0.15) is 24.3 Å². The predicted octanol–water partition coefficient (Wildman–Crippen LogP) is 2.80. The Morgan fingerprint density at radius 1 is 0.958 bits per heavy atom. The maximum Gasteiger partial charge on any atom is 0.246 e. The van der Waals surface area contributed by atoms with Gasteiger partial charge in [0.05, 0.1) is 0 Å². The number of aliphatic hydroxyl groups excluding tert-OH is 1. The van der Waals surface area contributed by atoms with E-state index in [2.05, 4.69) is 4.72 Å². The summed E-state index contributed by atoms with van der Waals surface area (Å²) >= 11 is 0. The first-order chi connectivity index (χ1) is 11.5. The zero-order valence-electron chi connectivity index (χ0n) is 13.0. The Morgan fingerprint density at radius 3 is 2.17 bits per heavy atom. The van der Waals surface area contributed by atoms with Gasteiger partial charge in [0, 0.05) is 13.2 Å². The molecule has 2 rings (SSSR count). The highest BCUT2D eigenvalue weighted by Crippen LogP contribution is 2.23.